The minimum Gasteiger partial charge on any atom is -0.364 e. The number of hydrogen-bond donors (Lipinski definition) is 1. The first-order valence-electron chi connectivity index (χ1n) is 5.06. The molecule has 1 aliphatic carbocycles. The highest BCUT2D eigenvalue weighted by molar-refractivity contribution is 5.15. The molecule has 0 spiro atoms. The van der Waals surface area contributed by atoms with Gasteiger partial charge in [-0.3, -0.25) is 0 Å². The summed E-state index contributed by atoms with van der Waals surface area (Å²) in [5.41, 5.74) is 1.28. The van der Waals surface area contributed by atoms with Crippen molar-refractivity contribution in [1.29, 1.82) is 0 Å². The Morgan fingerprint density at radius 1 is 1.46 bits per heavy atom. The highest BCUT2D eigenvalue weighted by Crippen LogP contribution is 2.39. The quantitative estimate of drug-likeness (QED) is 0.708. The lowest BCUT2D eigenvalue weighted by Crippen LogP contribution is -2.29. The zero-order valence-electron chi connectivity index (χ0n) is 7.57. The van der Waals surface area contributed by atoms with Crippen molar-refractivity contribution in [2.45, 2.75) is 31.2 Å². The van der Waals surface area contributed by atoms with E-state index in [2.05, 4.69) is 10.5 Å². The lowest BCUT2D eigenvalue weighted by atomic mass is 9.79. The van der Waals surface area contributed by atoms with Crippen LogP contribution in [0.5, 0.6) is 0 Å². The van der Waals surface area contributed by atoms with Crippen LogP contribution in [-0.4, -0.2) is 17.7 Å². The van der Waals surface area contributed by atoms with E-state index in [-0.39, 0.29) is 0 Å². The van der Waals surface area contributed by atoms with E-state index >= 15 is 0 Å². The average Bonchev–Trinajstić information content (AvgIpc) is 2.77. The number of aromatic nitrogens is 1. The molecule has 3 heteroatoms. The molecule has 0 radical (unpaired) electrons. The zero-order chi connectivity index (χ0) is 8.67. The Bertz CT molecular complexity index is 283. The van der Waals surface area contributed by atoms with E-state index in [0.717, 1.165) is 5.92 Å². The molecule has 2 aliphatic rings. The van der Waals surface area contributed by atoms with Gasteiger partial charge in [0.2, 0.25) is 0 Å². The summed E-state index contributed by atoms with van der Waals surface area (Å²) >= 11 is 0. The van der Waals surface area contributed by atoms with E-state index in [1.165, 1.54) is 31.4 Å². The maximum absolute atomic E-state index is 4.90. The summed E-state index contributed by atoms with van der Waals surface area (Å²) in [6.45, 7) is 1.21. The van der Waals surface area contributed by atoms with Crippen LogP contribution in [0.25, 0.3) is 0 Å². The molecule has 1 saturated carbocycles. The van der Waals surface area contributed by atoms with Gasteiger partial charge in [-0.05, 0) is 31.7 Å². The fraction of sp³-hybridized carbons (Fsp3) is 0.700. The Labute approximate surface area is 77.5 Å². The Morgan fingerprint density at radius 2 is 2.46 bits per heavy atom. The van der Waals surface area contributed by atoms with Crippen molar-refractivity contribution >= 4 is 0 Å². The summed E-state index contributed by atoms with van der Waals surface area (Å²) < 4.78 is 4.90. The molecule has 2 bridgehead atoms. The smallest absolute Gasteiger partial charge is 0.127 e. The third kappa shape index (κ3) is 1.18. The molecule has 2 heterocycles. The first-order chi connectivity index (χ1) is 6.43. The SMILES string of the molecule is c1nocc1C1CCC2CNC1C2. The molecule has 13 heavy (non-hydrogen) atoms. The number of rotatable bonds is 1. The van der Waals surface area contributed by atoms with E-state index in [9.17, 15) is 0 Å². The largest absolute Gasteiger partial charge is 0.364 e. The van der Waals surface area contributed by atoms with Crippen LogP contribution in [0, 0.1) is 5.92 Å². The molecule has 2 fully saturated rings. The number of nitrogens with one attached hydrogen (secondary N) is 1. The van der Waals surface area contributed by atoms with Crippen molar-refractivity contribution < 1.29 is 4.52 Å². The fourth-order valence-electron chi connectivity index (χ4n) is 2.78. The van der Waals surface area contributed by atoms with E-state index in [0.29, 0.717) is 12.0 Å². The Kier molecular flexibility index (Phi) is 1.65. The summed E-state index contributed by atoms with van der Waals surface area (Å²) in [5.74, 6) is 1.58. The van der Waals surface area contributed by atoms with Gasteiger partial charge in [-0.2, -0.15) is 0 Å². The van der Waals surface area contributed by atoms with Gasteiger partial charge in [-0.15, -0.1) is 0 Å². The lowest BCUT2D eigenvalue weighted by Gasteiger charge is -2.26. The van der Waals surface area contributed by atoms with Crippen molar-refractivity contribution in [2.24, 2.45) is 5.92 Å². The predicted octanol–water partition coefficient (Wildman–Crippen LogP) is 1.53. The molecule has 1 aliphatic heterocycles. The minimum absolute atomic E-state index is 0.644. The summed E-state index contributed by atoms with van der Waals surface area (Å²) in [5, 5.41) is 7.36. The third-order valence-electron chi connectivity index (χ3n) is 3.51. The van der Waals surface area contributed by atoms with Crippen LogP contribution < -0.4 is 5.32 Å². The van der Waals surface area contributed by atoms with Gasteiger partial charge in [-0.25, -0.2) is 0 Å². The Hall–Kier alpha value is -0.830. The second-order valence-corrected chi connectivity index (χ2v) is 4.26. The van der Waals surface area contributed by atoms with Crippen molar-refractivity contribution in [2.75, 3.05) is 6.54 Å². The van der Waals surface area contributed by atoms with Crippen LogP contribution in [-0.2, 0) is 0 Å². The maximum atomic E-state index is 4.90. The predicted molar refractivity (Wildman–Crippen MR) is 48.4 cm³/mol. The second-order valence-electron chi connectivity index (χ2n) is 4.26. The molecule has 1 aromatic heterocycles. The highest BCUT2D eigenvalue weighted by Gasteiger charge is 2.36. The van der Waals surface area contributed by atoms with Crippen molar-refractivity contribution in [3.8, 4) is 0 Å². The monoisotopic (exact) mass is 178 g/mol. The van der Waals surface area contributed by atoms with Crippen LogP contribution in [0.4, 0.5) is 0 Å². The van der Waals surface area contributed by atoms with Gasteiger partial charge in [0.05, 0.1) is 6.20 Å². The molecule has 0 aromatic carbocycles. The highest BCUT2D eigenvalue weighted by atomic mass is 16.5. The average molecular weight is 178 g/mol. The Morgan fingerprint density at radius 3 is 3.31 bits per heavy atom. The van der Waals surface area contributed by atoms with Crippen LogP contribution in [0.15, 0.2) is 17.0 Å². The molecule has 1 saturated heterocycles. The Balaban J connectivity index is 1.84. The fourth-order valence-corrected chi connectivity index (χ4v) is 2.78. The molecule has 1 aromatic rings. The number of hydrogen-bond acceptors (Lipinski definition) is 3. The zero-order valence-corrected chi connectivity index (χ0v) is 7.57. The van der Waals surface area contributed by atoms with Gasteiger partial charge in [0.1, 0.15) is 6.26 Å². The summed E-state index contributed by atoms with van der Waals surface area (Å²) in [6.07, 6.45) is 7.66. The first kappa shape index (κ1) is 7.56. The van der Waals surface area contributed by atoms with E-state index in [4.69, 9.17) is 4.52 Å². The lowest BCUT2D eigenvalue weighted by molar-refractivity contribution is 0.360. The van der Waals surface area contributed by atoms with Crippen LogP contribution in [0.1, 0.15) is 30.7 Å². The summed E-state index contributed by atoms with van der Waals surface area (Å²) in [6, 6.07) is 0.679. The number of fused-ring (bicyclic) bond motifs is 2. The van der Waals surface area contributed by atoms with Crippen molar-refractivity contribution in [3.05, 3.63) is 18.0 Å². The summed E-state index contributed by atoms with van der Waals surface area (Å²) in [4.78, 5) is 0. The molecule has 3 unspecified atom stereocenters. The topological polar surface area (TPSA) is 38.1 Å². The van der Waals surface area contributed by atoms with E-state index in [1.807, 2.05) is 6.20 Å². The van der Waals surface area contributed by atoms with Crippen LogP contribution >= 0.6 is 0 Å². The van der Waals surface area contributed by atoms with Crippen molar-refractivity contribution in [1.82, 2.24) is 10.5 Å². The number of nitrogens with zero attached hydrogens (tertiary/aromatic N) is 1. The van der Waals surface area contributed by atoms with Gasteiger partial charge >= 0.3 is 0 Å². The molecule has 3 rings (SSSR count). The van der Waals surface area contributed by atoms with Crippen LogP contribution in [0.3, 0.4) is 0 Å². The standard InChI is InChI=1S/C10H14N2O/c1-2-9(8-5-12-13-6-8)10-3-7(1)4-11-10/h5-7,9-11H,1-4H2. The molecule has 1 N–H and O–H groups in total. The molecular weight excluding hydrogens is 164 g/mol. The van der Waals surface area contributed by atoms with Crippen LogP contribution in [0.2, 0.25) is 0 Å². The molecule has 70 valence electrons. The van der Waals surface area contributed by atoms with Crippen molar-refractivity contribution in [3.63, 3.8) is 0 Å². The minimum atomic E-state index is 0.644. The van der Waals surface area contributed by atoms with Gasteiger partial charge in [0, 0.05) is 17.5 Å². The molecule has 0 amide bonds. The maximum Gasteiger partial charge on any atom is 0.127 e. The normalized spacial score (nSPS) is 38.0. The molecule has 3 atom stereocenters. The van der Waals surface area contributed by atoms with E-state index < -0.39 is 0 Å². The third-order valence-corrected chi connectivity index (χ3v) is 3.51. The second kappa shape index (κ2) is 2.84. The van der Waals surface area contributed by atoms with Gasteiger partial charge in [-0.1, -0.05) is 5.16 Å². The van der Waals surface area contributed by atoms with Gasteiger partial charge < -0.3 is 9.84 Å². The first-order valence-corrected chi connectivity index (χ1v) is 5.06. The molecular formula is C10H14N2O. The van der Waals surface area contributed by atoms with Gasteiger partial charge in [0.15, 0.2) is 0 Å². The van der Waals surface area contributed by atoms with E-state index in [1.54, 1.807) is 6.26 Å². The summed E-state index contributed by atoms with van der Waals surface area (Å²) in [7, 11) is 0. The molecule has 3 nitrogen and oxygen atoms in total. The van der Waals surface area contributed by atoms with Gasteiger partial charge in [0.25, 0.3) is 0 Å².